The lowest BCUT2D eigenvalue weighted by atomic mass is 9.69. The lowest BCUT2D eigenvalue weighted by Crippen LogP contribution is -2.56. The van der Waals surface area contributed by atoms with Gasteiger partial charge in [0.1, 0.15) is 5.66 Å². The average molecular weight is 599 g/mol. The van der Waals surface area contributed by atoms with Crippen molar-refractivity contribution < 1.29 is 9.59 Å². The first-order valence-electron chi connectivity index (χ1n) is 15.9. The molecule has 1 atom stereocenters. The number of benzene rings is 2. The molecule has 44 heavy (non-hydrogen) atoms. The number of aliphatic imine (C=N–C) groups is 1. The Bertz CT molecular complexity index is 1420. The number of amides is 2. The van der Waals surface area contributed by atoms with E-state index in [0.29, 0.717) is 35.6 Å². The summed E-state index contributed by atoms with van der Waals surface area (Å²) in [5, 5.41) is 20.2. The van der Waals surface area contributed by atoms with Crippen molar-refractivity contribution in [2.24, 2.45) is 22.2 Å². The highest BCUT2D eigenvalue weighted by molar-refractivity contribution is 6.40. The number of hydrogen-bond acceptors (Lipinski definition) is 6. The summed E-state index contributed by atoms with van der Waals surface area (Å²) in [5.41, 5.74) is 2.36. The summed E-state index contributed by atoms with van der Waals surface area (Å²) in [7, 11) is 0. The van der Waals surface area contributed by atoms with Crippen molar-refractivity contribution in [3.8, 4) is 0 Å². The standard InChI is InChI=1S/C34H46N8O2/c1-23(2)11-16-28(25-12-14-26(15-13-25)31(43)36-22-29-38-40-41-39-29)42-32(44)30(35-21-24-9-7-6-8-10-24)37-34(42)19-17-27(18-20-34)33(3,4)5/h6-10,12-15,23,27-28H,11,16-22H2,1-5H3,(H,35,37)(H,36,43)(H,38,39,40,41)/t27?,28-,34?/m1/s1. The number of nitrogens with one attached hydrogen (secondary N) is 3. The molecule has 2 amide bonds. The van der Waals surface area contributed by atoms with Gasteiger partial charge in [0.2, 0.25) is 0 Å². The van der Waals surface area contributed by atoms with E-state index in [4.69, 9.17) is 4.99 Å². The molecule has 2 aliphatic rings. The molecule has 1 aliphatic heterocycles. The van der Waals surface area contributed by atoms with Gasteiger partial charge in [0, 0.05) is 5.56 Å². The summed E-state index contributed by atoms with van der Waals surface area (Å²) in [6.45, 7) is 12.0. The molecule has 234 valence electrons. The van der Waals surface area contributed by atoms with Crippen LogP contribution in [0.5, 0.6) is 0 Å². The molecule has 10 heteroatoms. The predicted octanol–water partition coefficient (Wildman–Crippen LogP) is 5.57. The van der Waals surface area contributed by atoms with E-state index in [1.165, 1.54) is 0 Å². The number of nitrogens with zero attached hydrogens (tertiary/aromatic N) is 5. The zero-order valence-electron chi connectivity index (χ0n) is 26.6. The van der Waals surface area contributed by atoms with Gasteiger partial charge >= 0.3 is 0 Å². The third-order valence-electron chi connectivity index (χ3n) is 9.22. The first-order chi connectivity index (χ1) is 21.1. The topological polar surface area (TPSA) is 128 Å². The second kappa shape index (κ2) is 13.3. The van der Waals surface area contributed by atoms with Gasteiger partial charge in [-0.05, 0) is 79.0 Å². The first-order valence-corrected chi connectivity index (χ1v) is 15.9. The van der Waals surface area contributed by atoms with Crippen molar-refractivity contribution in [3.05, 3.63) is 77.1 Å². The van der Waals surface area contributed by atoms with E-state index >= 15 is 0 Å². The molecule has 0 unspecified atom stereocenters. The number of carbonyl (C=O) groups is 2. The Balaban J connectivity index is 1.44. The van der Waals surface area contributed by atoms with Crippen LogP contribution in [0, 0.1) is 17.3 Å². The maximum Gasteiger partial charge on any atom is 0.291 e. The van der Waals surface area contributed by atoms with Crippen LogP contribution in [-0.4, -0.2) is 48.8 Å². The second-order valence-electron chi connectivity index (χ2n) is 13.7. The fraction of sp³-hybridized carbons (Fsp3) is 0.529. The number of hydrogen-bond donors (Lipinski definition) is 3. The minimum absolute atomic E-state index is 0.0363. The normalized spacial score (nSPS) is 22.0. The van der Waals surface area contributed by atoms with Crippen LogP contribution in [0.3, 0.4) is 0 Å². The Morgan fingerprint density at radius 3 is 2.39 bits per heavy atom. The average Bonchev–Trinajstić information content (AvgIpc) is 3.62. The third-order valence-corrected chi connectivity index (χ3v) is 9.22. The van der Waals surface area contributed by atoms with Crippen molar-refractivity contribution in [2.45, 2.75) is 97.9 Å². The molecule has 3 N–H and O–H groups in total. The predicted molar refractivity (Wildman–Crippen MR) is 170 cm³/mol. The van der Waals surface area contributed by atoms with Crippen LogP contribution in [-0.2, 0) is 17.9 Å². The Morgan fingerprint density at radius 1 is 1.07 bits per heavy atom. The molecular weight excluding hydrogens is 552 g/mol. The Hall–Kier alpha value is -4.08. The van der Waals surface area contributed by atoms with Crippen molar-refractivity contribution in [1.29, 1.82) is 0 Å². The number of aromatic amines is 1. The van der Waals surface area contributed by atoms with Gasteiger partial charge in [-0.1, -0.05) is 82.3 Å². The van der Waals surface area contributed by atoms with E-state index in [1.54, 1.807) is 0 Å². The van der Waals surface area contributed by atoms with Crippen molar-refractivity contribution in [3.63, 3.8) is 0 Å². The van der Waals surface area contributed by atoms with Crippen LogP contribution in [0.15, 0.2) is 59.6 Å². The molecule has 2 heterocycles. The van der Waals surface area contributed by atoms with E-state index in [1.807, 2.05) is 54.6 Å². The highest BCUT2D eigenvalue weighted by Gasteiger charge is 2.53. The second-order valence-corrected chi connectivity index (χ2v) is 13.7. The fourth-order valence-corrected chi connectivity index (χ4v) is 6.58. The van der Waals surface area contributed by atoms with Gasteiger partial charge in [0.05, 0.1) is 19.1 Å². The molecule has 1 saturated carbocycles. The molecule has 1 aromatic heterocycles. The quantitative estimate of drug-likeness (QED) is 0.280. The monoisotopic (exact) mass is 598 g/mol. The van der Waals surface area contributed by atoms with Gasteiger partial charge in [0.25, 0.3) is 11.8 Å². The Labute approximate surface area is 260 Å². The van der Waals surface area contributed by atoms with Crippen LogP contribution in [0.25, 0.3) is 0 Å². The molecule has 1 saturated heterocycles. The SMILES string of the molecule is CC(C)CC[C@H](c1ccc(C(=O)NCc2nn[nH]n2)cc1)N1C(=O)C(=NCc2ccccc2)NC12CCC(C(C)(C)C)CC2. The van der Waals surface area contributed by atoms with Crippen LogP contribution in [0.4, 0.5) is 0 Å². The van der Waals surface area contributed by atoms with Crippen LogP contribution < -0.4 is 10.6 Å². The van der Waals surface area contributed by atoms with Crippen LogP contribution >= 0.6 is 0 Å². The lowest BCUT2D eigenvalue weighted by Gasteiger charge is -2.48. The van der Waals surface area contributed by atoms with Gasteiger partial charge in [-0.3, -0.25) is 14.6 Å². The first kappa shape index (κ1) is 31.3. The number of carbonyl (C=O) groups excluding carboxylic acids is 2. The minimum Gasteiger partial charge on any atom is -0.345 e. The third kappa shape index (κ3) is 7.17. The number of aromatic nitrogens is 4. The van der Waals surface area contributed by atoms with Crippen molar-refractivity contribution in [1.82, 2.24) is 36.2 Å². The summed E-state index contributed by atoms with van der Waals surface area (Å²) >= 11 is 0. The molecule has 10 nitrogen and oxygen atoms in total. The van der Waals surface area contributed by atoms with E-state index in [9.17, 15) is 9.59 Å². The van der Waals surface area contributed by atoms with Gasteiger partial charge in [0.15, 0.2) is 11.7 Å². The molecule has 5 rings (SSSR count). The molecule has 1 aliphatic carbocycles. The molecule has 3 aromatic rings. The Kier molecular flexibility index (Phi) is 9.46. The number of amidine groups is 1. The maximum absolute atomic E-state index is 14.4. The smallest absolute Gasteiger partial charge is 0.291 e. The molecule has 0 bridgehead atoms. The minimum atomic E-state index is -0.489. The molecule has 2 fully saturated rings. The highest BCUT2D eigenvalue weighted by atomic mass is 16.2. The van der Waals surface area contributed by atoms with E-state index in [-0.39, 0.29) is 29.8 Å². The van der Waals surface area contributed by atoms with E-state index in [2.05, 4.69) is 70.8 Å². The van der Waals surface area contributed by atoms with Gasteiger partial charge < -0.3 is 15.5 Å². The summed E-state index contributed by atoms with van der Waals surface area (Å²) < 4.78 is 0. The molecule has 0 radical (unpaired) electrons. The number of H-pyrrole nitrogens is 1. The van der Waals surface area contributed by atoms with Gasteiger partial charge in [-0.25, -0.2) is 0 Å². The van der Waals surface area contributed by atoms with E-state index < -0.39 is 5.66 Å². The molecule has 1 spiro atoms. The van der Waals surface area contributed by atoms with E-state index in [0.717, 1.165) is 49.7 Å². The largest absolute Gasteiger partial charge is 0.345 e. The zero-order chi connectivity index (χ0) is 31.3. The number of rotatable bonds is 10. The Morgan fingerprint density at radius 2 is 1.77 bits per heavy atom. The van der Waals surface area contributed by atoms with Gasteiger partial charge in [-0.15, -0.1) is 10.2 Å². The van der Waals surface area contributed by atoms with Crippen LogP contribution in [0.1, 0.15) is 106 Å². The zero-order valence-corrected chi connectivity index (χ0v) is 26.6. The van der Waals surface area contributed by atoms with Crippen LogP contribution in [0.2, 0.25) is 0 Å². The summed E-state index contributed by atoms with van der Waals surface area (Å²) in [6, 6.07) is 17.6. The summed E-state index contributed by atoms with van der Waals surface area (Å²) in [6.07, 6.45) is 5.63. The summed E-state index contributed by atoms with van der Waals surface area (Å²) in [5.74, 6) is 1.70. The van der Waals surface area contributed by atoms with Crippen molar-refractivity contribution in [2.75, 3.05) is 0 Å². The molecular formula is C34H46N8O2. The molecule has 2 aromatic carbocycles. The summed E-state index contributed by atoms with van der Waals surface area (Å²) in [4.78, 5) is 34.2. The lowest BCUT2D eigenvalue weighted by molar-refractivity contribution is -0.133. The highest BCUT2D eigenvalue weighted by Crippen LogP contribution is 2.47. The van der Waals surface area contributed by atoms with Crippen molar-refractivity contribution >= 4 is 17.6 Å². The van der Waals surface area contributed by atoms with Gasteiger partial charge in [-0.2, -0.15) is 5.21 Å². The fourth-order valence-electron chi connectivity index (χ4n) is 6.58. The maximum atomic E-state index is 14.4. The number of tetrazole rings is 1.